The van der Waals surface area contributed by atoms with Crippen molar-refractivity contribution in [2.75, 3.05) is 12.3 Å². The minimum atomic E-state index is -3.57. The van der Waals surface area contributed by atoms with Crippen molar-refractivity contribution >= 4 is 43.0 Å². The molecule has 3 rings (SSSR count). The van der Waals surface area contributed by atoms with Gasteiger partial charge in [0.05, 0.1) is 11.7 Å². The summed E-state index contributed by atoms with van der Waals surface area (Å²) >= 11 is 4.89. The maximum atomic E-state index is 12.9. The summed E-state index contributed by atoms with van der Waals surface area (Å²) in [5, 5.41) is 4.00. The van der Waals surface area contributed by atoms with Crippen molar-refractivity contribution in [1.29, 1.82) is 0 Å². The highest BCUT2D eigenvalue weighted by Gasteiger charge is 2.37. The van der Waals surface area contributed by atoms with Gasteiger partial charge >= 0.3 is 0 Å². The van der Waals surface area contributed by atoms with Crippen LogP contribution in [0.3, 0.4) is 0 Å². The van der Waals surface area contributed by atoms with Gasteiger partial charge in [0.25, 0.3) is 0 Å². The van der Waals surface area contributed by atoms with Gasteiger partial charge in [0.2, 0.25) is 10.0 Å². The molecule has 0 radical (unpaired) electrons. The number of rotatable bonds is 3. The van der Waals surface area contributed by atoms with E-state index in [9.17, 15) is 8.42 Å². The smallest absolute Gasteiger partial charge is 0.245 e. The predicted molar refractivity (Wildman–Crippen MR) is 88.7 cm³/mol. The highest BCUT2D eigenvalue weighted by atomic mass is 79.9. The van der Waals surface area contributed by atoms with Gasteiger partial charge in [-0.2, -0.15) is 15.6 Å². The van der Waals surface area contributed by atoms with Crippen LogP contribution in [-0.2, 0) is 10.0 Å². The molecular weight excluding hydrogens is 372 g/mol. The Bertz CT molecular complexity index is 744. The van der Waals surface area contributed by atoms with E-state index < -0.39 is 10.0 Å². The molecule has 1 saturated heterocycles. The maximum absolute atomic E-state index is 12.9. The third kappa shape index (κ3) is 2.75. The van der Waals surface area contributed by atoms with Gasteiger partial charge in [-0.15, -0.1) is 0 Å². The van der Waals surface area contributed by atoms with Gasteiger partial charge in [0, 0.05) is 11.0 Å². The molecule has 4 nitrogen and oxygen atoms in total. The second-order valence-electron chi connectivity index (χ2n) is 5.01. The second kappa shape index (κ2) is 5.72. The fraction of sp³-hybridized carbons (Fsp3) is 0.286. The van der Waals surface area contributed by atoms with Crippen molar-refractivity contribution in [2.45, 2.75) is 23.8 Å². The number of hydrogen-bond donors (Lipinski definition) is 1. The largest absolute Gasteiger partial charge is 0.398 e. The summed E-state index contributed by atoms with van der Waals surface area (Å²) in [7, 11) is -3.57. The number of sulfonamides is 1. The molecular formula is C14H15BrN2O2S2. The van der Waals surface area contributed by atoms with Gasteiger partial charge < -0.3 is 5.73 Å². The SMILES string of the molecule is Nc1cc(Br)ccc1S(=O)(=O)N1CCCC1c1ccsc1. The Balaban J connectivity index is 2.01. The number of nitrogens with two attached hydrogens (primary N) is 1. The zero-order valence-corrected chi connectivity index (χ0v) is 14.4. The van der Waals surface area contributed by atoms with Crippen LogP contribution in [-0.4, -0.2) is 19.3 Å². The van der Waals surface area contributed by atoms with Crippen molar-refractivity contribution in [3.8, 4) is 0 Å². The quantitative estimate of drug-likeness (QED) is 0.819. The first-order valence-corrected chi connectivity index (χ1v) is 9.77. The van der Waals surface area contributed by atoms with Crippen LogP contribution in [0.5, 0.6) is 0 Å². The Morgan fingerprint density at radius 1 is 1.33 bits per heavy atom. The highest BCUT2D eigenvalue weighted by Crippen LogP contribution is 2.38. The van der Waals surface area contributed by atoms with Crippen LogP contribution in [0.15, 0.2) is 44.4 Å². The van der Waals surface area contributed by atoms with E-state index in [1.54, 1.807) is 33.8 Å². The van der Waals surface area contributed by atoms with E-state index in [-0.39, 0.29) is 16.6 Å². The van der Waals surface area contributed by atoms with Gasteiger partial charge in [-0.1, -0.05) is 15.9 Å². The Labute approximate surface area is 136 Å². The van der Waals surface area contributed by atoms with Crippen LogP contribution < -0.4 is 5.73 Å². The number of anilines is 1. The van der Waals surface area contributed by atoms with Crippen molar-refractivity contribution in [3.63, 3.8) is 0 Å². The van der Waals surface area contributed by atoms with Gasteiger partial charge in [-0.25, -0.2) is 8.42 Å². The maximum Gasteiger partial charge on any atom is 0.245 e. The van der Waals surface area contributed by atoms with Crippen LogP contribution >= 0.6 is 27.3 Å². The number of nitrogens with zero attached hydrogens (tertiary/aromatic N) is 1. The third-order valence-corrected chi connectivity index (χ3v) is 6.87. The first kappa shape index (κ1) is 15.0. The van der Waals surface area contributed by atoms with E-state index >= 15 is 0 Å². The molecule has 1 aromatic carbocycles. The van der Waals surface area contributed by atoms with Gasteiger partial charge in [-0.05, 0) is 53.4 Å². The van der Waals surface area contributed by atoms with Crippen LogP contribution in [0.1, 0.15) is 24.4 Å². The number of nitrogen functional groups attached to an aromatic ring is 1. The summed E-state index contributed by atoms with van der Waals surface area (Å²) in [6.45, 7) is 0.540. The Kier molecular flexibility index (Phi) is 4.09. The molecule has 1 aromatic heterocycles. The predicted octanol–water partition coefficient (Wildman–Crippen LogP) is 3.62. The zero-order valence-electron chi connectivity index (χ0n) is 11.2. The van der Waals surface area contributed by atoms with Gasteiger partial charge in [-0.3, -0.25) is 0 Å². The molecule has 0 aliphatic carbocycles. The topological polar surface area (TPSA) is 63.4 Å². The molecule has 1 unspecified atom stereocenters. The fourth-order valence-corrected chi connectivity index (χ4v) is 5.57. The first-order valence-electron chi connectivity index (χ1n) is 6.59. The first-order chi connectivity index (χ1) is 10.00. The van der Waals surface area contributed by atoms with Gasteiger partial charge in [0.15, 0.2) is 0 Å². The average Bonchev–Trinajstić information content (AvgIpc) is 3.09. The van der Waals surface area contributed by atoms with Crippen LogP contribution in [0.25, 0.3) is 0 Å². The Morgan fingerprint density at radius 2 is 2.14 bits per heavy atom. The number of hydrogen-bond acceptors (Lipinski definition) is 4. The number of benzene rings is 1. The molecule has 1 fully saturated rings. The van der Waals surface area contributed by atoms with Crippen molar-refractivity contribution in [2.24, 2.45) is 0 Å². The van der Waals surface area contributed by atoms with Crippen molar-refractivity contribution < 1.29 is 8.42 Å². The van der Waals surface area contributed by atoms with Crippen LogP contribution in [0.2, 0.25) is 0 Å². The summed E-state index contributed by atoms with van der Waals surface area (Å²) in [5.74, 6) is 0. The summed E-state index contributed by atoms with van der Waals surface area (Å²) in [6, 6.07) is 6.82. The summed E-state index contributed by atoms with van der Waals surface area (Å²) in [4.78, 5) is 0.188. The van der Waals surface area contributed by atoms with Gasteiger partial charge in [0.1, 0.15) is 4.90 Å². The van der Waals surface area contributed by atoms with Crippen LogP contribution in [0.4, 0.5) is 5.69 Å². The zero-order chi connectivity index (χ0) is 15.0. The standard InChI is InChI=1S/C14H15BrN2O2S2/c15-11-3-4-14(12(16)8-11)21(18,19)17-6-1-2-13(17)10-5-7-20-9-10/h3-5,7-9,13H,1-2,6,16H2. The normalized spacial score (nSPS) is 20.0. The molecule has 7 heteroatoms. The van der Waals surface area contributed by atoms with E-state index in [0.29, 0.717) is 6.54 Å². The lowest BCUT2D eigenvalue weighted by atomic mass is 10.1. The molecule has 0 bridgehead atoms. The molecule has 1 aliphatic heterocycles. The minimum absolute atomic E-state index is 0.0794. The Morgan fingerprint density at radius 3 is 2.81 bits per heavy atom. The molecule has 0 saturated carbocycles. The molecule has 0 spiro atoms. The minimum Gasteiger partial charge on any atom is -0.398 e. The molecule has 2 heterocycles. The lowest BCUT2D eigenvalue weighted by Crippen LogP contribution is -2.31. The molecule has 1 aliphatic rings. The lowest BCUT2D eigenvalue weighted by molar-refractivity contribution is 0.397. The van der Waals surface area contributed by atoms with E-state index in [0.717, 1.165) is 22.9 Å². The lowest BCUT2D eigenvalue weighted by Gasteiger charge is -2.24. The number of thiophene rings is 1. The molecule has 1 atom stereocenters. The van der Waals surface area contributed by atoms with E-state index in [4.69, 9.17) is 5.73 Å². The number of halogens is 1. The summed E-state index contributed by atoms with van der Waals surface area (Å²) in [5.41, 5.74) is 7.25. The monoisotopic (exact) mass is 386 g/mol. The molecule has 2 aromatic rings. The highest BCUT2D eigenvalue weighted by molar-refractivity contribution is 9.10. The van der Waals surface area contributed by atoms with E-state index in [1.165, 1.54) is 0 Å². The summed E-state index contributed by atoms with van der Waals surface area (Å²) < 4.78 is 28.2. The van der Waals surface area contributed by atoms with Crippen LogP contribution in [0, 0.1) is 0 Å². The average molecular weight is 387 g/mol. The molecule has 0 amide bonds. The molecule has 2 N–H and O–H groups in total. The molecule has 112 valence electrons. The van der Waals surface area contributed by atoms with E-state index in [1.807, 2.05) is 16.8 Å². The second-order valence-corrected chi connectivity index (χ2v) is 8.57. The molecule has 21 heavy (non-hydrogen) atoms. The fourth-order valence-electron chi connectivity index (χ4n) is 2.71. The Hall–Kier alpha value is -0.890. The van der Waals surface area contributed by atoms with Crippen molar-refractivity contribution in [3.05, 3.63) is 45.1 Å². The third-order valence-electron chi connectivity index (χ3n) is 3.69. The van der Waals surface area contributed by atoms with Crippen molar-refractivity contribution in [1.82, 2.24) is 4.31 Å². The summed E-state index contributed by atoms with van der Waals surface area (Å²) in [6.07, 6.45) is 1.72. The van der Waals surface area contributed by atoms with E-state index in [2.05, 4.69) is 15.9 Å².